The van der Waals surface area contributed by atoms with Crippen LogP contribution in [0.5, 0.6) is 0 Å². The molecule has 0 spiro atoms. The summed E-state index contributed by atoms with van der Waals surface area (Å²) in [5.74, 6) is 2.67. The maximum Gasteiger partial charge on any atom is 0.230 e. The Bertz CT molecular complexity index is 737. The summed E-state index contributed by atoms with van der Waals surface area (Å²) in [6.07, 6.45) is 0. The summed E-state index contributed by atoms with van der Waals surface area (Å²) in [5.41, 5.74) is 3.99. The first-order valence-electron chi connectivity index (χ1n) is 9.35. The highest BCUT2D eigenvalue weighted by Crippen LogP contribution is 2.24. The average Bonchev–Trinajstić information content (AvgIpc) is 2.63. The van der Waals surface area contributed by atoms with Crippen LogP contribution in [0.2, 0.25) is 0 Å². The molecule has 0 atom stereocenters. The van der Waals surface area contributed by atoms with Gasteiger partial charge in [-0.3, -0.25) is 0 Å². The van der Waals surface area contributed by atoms with Crippen LogP contribution >= 0.6 is 0 Å². The Kier molecular flexibility index (Phi) is 5.30. The van der Waals surface area contributed by atoms with Gasteiger partial charge < -0.3 is 14.7 Å². The standard InChI is InChI=1S/C20H30N6/c1-14(2)18-21-19(24(5)6)23-20(22-18)26-11-9-25(10-12-26)17-13-15(3)7-8-16(17)4/h7-8,13-14H,9-12H2,1-6H3. The molecule has 1 aliphatic rings. The molecule has 0 radical (unpaired) electrons. The first-order chi connectivity index (χ1) is 12.3. The van der Waals surface area contributed by atoms with Gasteiger partial charge in [0.05, 0.1) is 0 Å². The highest BCUT2D eigenvalue weighted by atomic mass is 15.4. The summed E-state index contributed by atoms with van der Waals surface area (Å²) in [7, 11) is 3.95. The molecule has 1 fully saturated rings. The Morgan fingerprint density at radius 2 is 1.58 bits per heavy atom. The highest BCUT2D eigenvalue weighted by Gasteiger charge is 2.22. The van der Waals surface area contributed by atoms with Gasteiger partial charge in [0, 0.05) is 51.9 Å². The van der Waals surface area contributed by atoms with Crippen LogP contribution in [0.15, 0.2) is 18.2 Å². The fourth-order valence-corrected chi connectivity index (χ4v) is 3.18. The van der Waals surface area contributed by atoms with Gasteiger partial charge >= 0.3 is 0 Å². The monoisotopic (exact) mass is 354 g/mol. The number of benzene rings is 1. The number of hydrogen-bond acceptors (Lipinski definition) is 6. The molecule has 0 amide bonds. The largest absolute Gasteiger partial charge is 0.368 e. The molecule has 1 aromatic heterocycles. The SMILES string of the molecule is Cc1ccc(C)c(N2CCN(c3nc(C(C)C)nc(N(C)C)n3)CC2)c1. The Hall–Kier alpha value is -2.37. The third kappa shape index (κ3) is 3.89. The van der Waals surface area contributed by atoms with E-state index in [1.807, 2.05) is 19.0 Å². The number of rotatable bonds is 4. The van der Waals surface area contributed by atoms with Crippen molar-refractivity contribution in [2.45, 2.75) is 33.6 Å². The highest BCUT2D eigenvalue weighted by molar-refractivity contribution is 5.56. The van der Waals surface area contributed by atoms with E-state index in [1.54, 1.807) is 0 Å². The Balaban J connectivity index is 1.78. The molecule has 0 unspecified atom stereocenters. The maximum absolute atomic E-state index is 4.73. The lowest BCUT2D eigenvalue weighted by Gasteiger charge is -2.37. The Labute approximate surface area is 156 Å². The first kappa shape index (κ1) is 18.4. The van der Waals surface area contributed by atoms with Gasteiger partial charge in [-0.2, -0.15) is 15.0 Å². The molecule has 26 heavy (non-hydrogen) atoms. The van der Waals surface area contributed by atoms with Gasteiger partial charge in [0.2, 0.25) is 11.9 Å². The molecule has 3 rings (SSSR count). The fraction of sp³-hybridized carbons (Fsp3) is 0.550. The summed E-state index contributed by atoms with van der Waals surface area (Å²) in [4.78, 5) is 20.7. The van der Waals surface area contributed by atoms with Crippen LogP contribution in [0.1, 0.15) is 36.7 Å². The van der Waals surface area contributed by atoms with E-state index >= 15 is 0 Å². The topological polar surface area (TPSA) is 48.4 Å². The number of hydrogen-bond donors (Lipinski definition) is 0. The molecule has 6 nitrogen and oxygen atoms in total. The second-order valence-corrected chi connectivity index (χ2v) is 7.61. The van der Waals surface area contributed by atoms with Crippen molar-refractivity contribution in [2.75, 3.05) is 55.0 Å². The van der Waals surface area contributed by atoms with Crippen molar-refractivity contribution in [1.29, 1.82) is 0 Å². The molecule has 2 aromatic rings. The Morgan fingerprint density at radius 1 is 0.923 bits per heavy atom. The molecule has 2 heterocycles. The van der Waals surface area contributed by atoms with E-state index in [0.717, 1.165) is 43.9 Å². The van der Waals surface area contributed by atoms with Crippen LogP contribution < -0.4 is 14.7 Å². The number of aryl methyl sites for hydroxylation is 2. The summed E-state index contributed by atoms with van der Waals surface area (Å²) >= 11 is 0. The molecule has 1 saturated heterocycles. The van der Waals surface area contributed by atoms with Crippen LogP contribution in [0.25, 0.3) is 0 Å². The molecule has 1 aromatic carbocycles. The second kappa shape index (κ2) is 7.48. The number of piperazine rings is 1. The minimum atomic E-state index is 0.284. The van der Waals surface area contributed by atoms with Gasteiger partial charge in [0.1, 0.15) is 5.82 Å². The van der Waals surface area contributed by atoms with Crippen LogP contribution in [-0.4, -0.2) is 55.2 Å². The maximum atomic E-state index is 4.73. The van der Waals surface area contributed by atoms with Crippen molar-refractivity contribution in [2.24, 2.45) is 0 Å². The van der Waals surface area contributed by atoms with Crippen molar-refractivity contribution in [1.82, 2.24) is 15.0 Å². The van der Waals surface area contributed by atoms with E-state index in [0.29, 0.717) is 0 Å². The van der Waals surface area contributed by atoms with Gasteiger partial charge in [-0.05, 0) is 31.0 Å². The smallest absolute Gasteiger partial charge is 0.230 e. The zero-order valence-electron chi connectivity index (χ0n) is 16.8. The predicted molar refractivity (Wildman–Crippen MR) is 109 cm³/mol. The summed E-state index contributed by atoms with van der Waals surface area (Å²) in [6.45, 7) is 12.4. The van der Waals surface area contributed by atoms with Crippen molar-refractivity contribution < 1.29 is 0 Å². The van der Waals surface area contributed by atoms with Crippen molar-refractivity contribution in [3.05, 3.63) is 35.2 Å². The van der Waals surface area contributed by atoms with Crippen LogP contribution in [0.4, 0.5) is 17.6 Å². The molecule has 1 aliphatic heterocycles. The van der Waals surface area contributed by atoms with Gasteiger partial charge in [0.15, 0.2) is 0 Å². The Morgan fingerprint density at radius 3 is 2.19 bits per heavy atom. The first-order valence-corrected chi connectivity index (χ1v) is 9.35. The lowest BCUT2D eigenvalue weighted by molar-refractivity contribution is 0.630. The van der Waals surface area contributed by atoms with E-state index in [1.165, 1.54) is 16.8 Å². The molecular formula is C20H30N6. The average molecular weight is 355 g/mol. The van der Waals surface area contributed by atoms with Gasteiger partial charge in [-0.15, -0.1) is 0 Å². The normalized spacial score (nSPS) is 14.9. The zero-order chi connectivity index (χ0) is 18.8. The van der Waals surface area contributed by atoms with E-state index in [4.69, 9.17) is 4.98 Å². The number of anilines is 3. The number of aromatic nitrogens is 3. The summed E-state index contributed by atoms with van der Waals surface area (Å²) in [6, 6.07) is 6.67. The quantitative estimate of drug-likeness (QED) is 0.841. The molecular weight excluding hydrogens is 324 g/mol. The van der Waals surface area contributed by atoms with E-state index in [-0.39, 0.29) is 5.92 Å². The van der Waals surface area contributed by atoms with Crippen molar-refractivity contribution in [3.63, 3.8) is 0 Å². The summed E-state index contributed by atoms with van der Waals surface area (Å²) < 4.78 is 0. The van der Waals surface area contributed by atoms with Gasteiger partial charge in [0.25, 0.3) is 0 Å². The van der Waals surface area contributed by atoms with E-state index in [9.17, 15) is 0 Å². The van der Waals surface area contributed by atoms with Crippen molar-refractivity contribution >= 4 is 17.6 Å². The molecule has 0 N–H and O–H groups in total. The molecule has 0 bridgehead atoms. The van der Waals surface area contributed by atoms with Crippen LogP contribution in [0.3, 0.4) is 0 Å². The minimum absolute atomic E-state index is 0.284. The van der Waals surface area contributed by atoms with Crippen molar-refractivity contribution in [3.8, 4) is 0 Å². The second-order valence-electron chi connectivity index (χ2n) is 7.61. The van der Waals surface area contributed by atoms with Gasteiger partial charge in [-0.25, -0.2) is 0 Å². The van der Waals surface area contributed by atoms with E-state index in [2.05, 4.69) is 65.7 Å². The summed E-state index contributed by atoms with van der Waals surface area (Å²) in [5, 5.41) is 0. The molecule has 0 saturated carbocycles. The van der Waals surface area contributed by atoms with Crippen LogP contribution in [0, 0.1) is 13.8 Å². The molecule has 6 heteroatoms. The lowest BCUT2D eigenvalue weighted by atomic mass is 10.1. The van der Waals surface area contributed by atoms with E-state index < -0.39 is 0 Å². The predicted octanol–water partition coefficient (Wildman–Crippen LogP) is 3.00. The van der Waals surface area contributed by atoms with Gasteiger partial charge in [-0.1, -0.05) is 26.0 Å². The number of nitrogens with zero attached hydrogens (tertiary/aromatic N) is 6. The zero-order valence-corrected chi connectivity index (χ0v) is 16.8. The minimum Gasteiger partial charge on any atom is -0.368 e. The molecule has 140 valence electrons. The van der Waals surface area contributed by atoms with Crippen LogP contribution in [-0.2, 0) is 0 Å². The molecule has 0 aliphatic carbocycles. The third-order valence-corrected chi connectivity index (χ3v) is 4.81. The lowest BCUT2D eigenvalue weighted by Crippen LogP contribution is -2.47. The third-order valence-electron chi connectivity index (χ3n) is 4.81. The fourth-order valence-electron chi connectivity index (χ4n) is 3.18.